The van der Waals surface area contributed by atoms with Crippen LogP contribution in [0.5, 0.6) is 0 Å². The second-order valence-electron chi connectivity index (χ2n) is 5.65. The van der Waals surface area contributed by atoms with Gasteiger partial charge >= 0.3 is 0 Å². The molecular weight excluding hydrogens is 314 g/mol. The van der Waals surface area contributed by atoms with Crippen molar-refractivity contribution in [1.29, 1.82) is 0 Å². The standard InChI is InChI=1S/C19H21N.3C2H6/c1-3-7-19(15-8-5-4-6-9-15)20-14(2)16-10-11-17-13-18(17)12-16;3*1-2/h3-12,14,17-18H,13H2,1-2H3;3*1-2H3/b7-3-,20-19?;;;. The molecular formula is C25H39N. The van der Waals surface area contributed by atoms with Gasteiger partial charge in [-0.3, -0.25) is 4.99 Å². The van der Waals surface area contributed by atoms with Crippen molar-refractivity contribution in [3.05, 3.63) is 71.8 Å². The van der Waals surface area contributed by atoms with Gasteiger partial charge in [0.1, 0.15) is 0 Å². The van der Waals surface area contributed by atoms with Gasteiger partial charge in [-0.05, 0) is 49.3 Å². The quantitative estimate of drug-likeness (QED) is 0.493. The summed E-state index contributed by atoms with van der Waals surface area (Å²) in [5.74, 6) is 1.61. The number of aliphatic imine (C=N–C) groups is 1. The summed E-state index contributed by atoms with van der Waals surface area (Å²) in [6.45, 7) is 16.2. The molecule has 2 aliphatic rings. The molecule has 0 bridgehead atoms. The Labute approximate surface area is 162 Å². The van der Waals surface area contributed by atoms with Gasteiger partial charge in [0.2, 0.25) is 0 Å². The topological polar surface area (TPSA) is 12.4 Å². The molecule has 0 amide bonds. The van der Waals surface area contributed by atoms with E-state index >= 15 is 0 Å². The average Bonchev–Trinajstić information content (AvgIpc) is 3.51. The third-order valence-corrected chi connectivity index (χ3v) is 4.04. The zero-order valence-electron chi connectivity index (χ0n) is 18.2. The molecule has 144 valence electrons. The molecule has 3 atom stereocenters. The van der Waals surface area contributed by atoms with E-state index in [-0.39, 0.29) is 6.04 Å². The van der Waals surface area contributed by atoms with E-state index in [1.54, 1.807) is 0 Å². The molecule has 1 aromatic rings. The summed E-state index contributed by atoms with van der Waals surface area (Å²) in [7, 11) is 0. The van der Waals surface area contributed by atoms with Crippen LogP contribution in [-0.2, 0) is 0 Å². The van der Waals surface area contributed by atoms with Crippen LogP contribution in [0.1, 0.15) is 67.4 Å². The Kier molecular flexibility index (Phi) is 13.3. The average molecular weight is 354 g/mol. The maximum atomic E-state index is 4.92. The minimum Gasteiger partial charge on any atom is -0.277 e. The lowest BCUT2D eigenvalue weighted by Crippen LogP contribution is -2.08. The van der Waals surface area contributed by atoms with E-state index in [1.165, 1.54) is 17.6 Å². The Balaban J connectivity index is 0.000000948. The van der Waals surface area contributed by atoms with Crippen LogP contribution < -0.4 is 0 Å². The first-order valence-corrected chi connectivity index (χ1v) is 10.4. The molecule has 0 N–H and O–H groups in total. The van der Waals surface area contributed by atoms with Gasteiger partial charge in [-0.2, -0.15) is 0 Å². The zero-order chi connectivity index (χ0) is 19.9. The van der Waals surface area contributed by atoms with Gasteiger partial charge in [0.05, 0.1) is 11.8 Å². The Bertz CT molecular complexity index is 590. The Hall–Kier alpha value is -1.89. The summed E-state index contributed by atoms with van der Waals surface area (Å²) in [5.41, 5.74) is 3.61. The lowest BCUT2D eigenvalue weighted by molar-refractivity contribution is 0.847. The molecule has 1 saturated carbocycles. The largest absolute Gasteiger partial charge is 0.277 e. The van der Waals surface area contributed by atoms with E-state index in [0.29, 0.717) is 0 Å². The van der Waals surface area contributed by atoms with E-state index in [4.69, 9.17) is 4.99 Å². The van der Waals surface area contributed by atoms with Crippen molar-refractivity contribution in [3.8, 4) is 0 Å². The third kappa shape index (κ3) is 7.56. The molecule has 0 spiro atoms. The number of nitrogens with zero attached hydrogens (tertiary/aromatic N) is 1. The lowest BCUT2D eigenvalue weighted by atomic mass is 10.0. The first kappa shape index (κ1) is 24.1. The SMILES string of the molecule is C/C=C\C(=NC(C)C1=CC2CC2C=C1)c1ccccc1.CC.CC.CC. The summed E-state index contributed by atoms with van der Waals surface area (Å²) in [6.07, 6.45) is 12.5. The first-order valence-electron chi connectivity index (χ1n) is 10.4. The highest BCUT2D eigenvalue weighted by molar-refractivity contribution is 6.08. The molecule has 3 unspecified atom stereocenters. The van der Waals surface area contributed by atoms with Crippen LogP contribution in [0.4, 0.5) is 0 Å². The van der Waals surface area contributed by atoms with Crippen LogP contribution in [0.15, 0.2) is 71.3 Å². The van der Waals surface area contributed by atoms with Crippen molar-refractivity contribution in [3.63, 3.8) is 0 Å². The fourth-order valence-corrected chi connectivity index (χ4v) is 2.73. The van der Waals surface area contributed by atoms with Crippen LogP contribution in [0.2, 0.25) is 0 Å². The van der Waals surface area contributed by atoms with E-state index < -0.39 is 0 Å². The van der Waals surface area contributed by atoms with Crippen LogP contribution >= 0.6 is 0 Å². The zero-order valence-corrected chi connectivity index (χ0v) is 18.2. The second-order valence-corrected chi connectivity index (χ2v) is 5.65. The van der Waals surface area contributed by atoms with Crippen LogP contribution in [0, 0.1) is 11.8 Å². The number of fused-ring (bicyclic) bond motifs is 1. The molecule has 1 nitrogen and oxygen atoms in total. The van der Waals surface area contributed by atoms with Gasteiger partial charge in [0.15, 0.2) is 0 Å². The summed E-state index contributed by atoms with van der Waals surface area (Å²) < 4.78 is 0. The summed E-state index contributed by atoms with van der Waals surface area (Å²) in [6, 6.07) is 10.6. The Morgan fingerprint density at radius 2 is 1.62 bits per heavy atom. The summed E-state index contributed by atoms with van der Waals surface area (Å²) in [5, 5.41) is 0. The molecule has 1 aromatic carbocycles. The smallest absolute Gasteiger partial charge is 0.0725 e. The van der Waals surface area contributed by atoms with Gasteiger partial charge in [-0.25, -0.2) is 0 Å². The van der Waals surface area contributed by atoms with Gasteiger partial charge in [0.25, 0.3) is 0 Å². The Morgan fingerprint density at radius 1 is 1.00 bits per heavy atom. The fraction of sp³-hybridized carbons (Fsp3) is 0.480. The number of benzene rings is 1. The summed E-state index contributed by atoms with van der Waals surface area (Å²) >= 11 is 0. The Morgan fingerprint density at radius 3 is 2.15 bits per heavy atom. The van der Waals surface area contributed by atoms with E-state index in [0.717, 1.165) is 17.5 Å². The maximum absolute atomic E-state index is 4.92. The predicted octanol–water partition coefficient (Wildman–Crippen LogP) is 7.65. The molecule has 0 aliphatic heterocycles. The minimum atomic E-state index is 0.221. The number of allylic oxidation sites excluding steroid dienone is 4. The van der Waals surface area contributed by atoms with E-state index in [1.807, 2.05) is 54.5 Å². The van der Waals surface area contributed by atoms with Gasteiger partial charge in [-0.15, -0.1) is 0 Å². The lowest BCUT2D eigenvalue weighted by Gasteiger charge is -2.13. The highest BCUT2D eigenvalue weighted by Gasteiger charge is 2.35. The fourth-order valence-electron chi connectivity index (χ4n) is 2.73. The van der Waals surface area contributed by atoms with Crippen molar-refractivity contribution in [1.82, 2.24) is 0 Å². The van der Waals surface area contributed by atoms with Crippen molar-refractivity contribution < 1.29 is 0 Å². The predicted molar refractivity (Wildman–Crippen MR) is 120 cm³/mol. The van der Waals surface area contributed by atoms with Gasteiger partial charge in [-0.1, -0.05) is 96.2 Å². The molecule has 0 aromatic heterocycles. The number of rotatable bonds is 4. The summed E-state index contributed by atoms with van der Waals surface area (Å²) in [4.78, 5) is 4.92. The van der Waals surface area contributed by atoms with E-state index in [9.17, 15) is 0 Å². The molecule has 2 aliphatic carbocycles. The van der Waals surface area contributed by atoms with E-state index in [2.05, 4.69) is 61.6 Å². The minimum absolute atomic E-state index is 0.221. The molecule has 0 saturated heterocycles. The van der Waals surface area contributed by atoms with Gasteiger partial charge < -0.3 is 0 Å². The highest BCUT2D eigenvalue weighted by Crippen LogP contribution is 2.44. The maximum Gasteiger partial charge on any atom is 0.0725 e. The third-order valence-electron chi connectivity index (χ3n) is 4.04. The van der Waals surface area contributed by atoms with Crippen molar-refractivity contribution in [2.45, 2.75) is 67.9 Å². The highest BCUT2D eigenvalue weighted by atomic mass is 14.8. The molecule has 0 heterocycles. The van der Waals surface area contributed by atoms with Crippen molar-refractivity contribution in [2.24, 2.45) is 16.8 Å². The normalized spacial score (nSPS) is 20.9. The second kappa shape index (κ2) is 14.3. The van der Waals surface area contributed by atoms with Crippen LogP contribution in [0.25, 0.3) is 0 Å². The van der Waals surface area contributed by atoms with Crippen LogP contribution in [-0.4, -0.2) is 11.8 Å². The van der Waals surface area contributed by atoms with Gasteiger partial charge in [0, 0.05) is 0 Å². The van der Waals surface area contributed by atoms with Crippen molar-refractivity contribution >= 4 is 5.71 Å². The van der Waals surface area contributed by atoms with Crippen molar-refractivity contribution in [2.75, 3.05) is 0 Å². The monoisotopic (exact) mass is 353 g/mol. The molecule has 1 fully saturated rings. The molecule has 26 heavy (non-hydrogen) atoms. The number of hydrogen-bond donors (Lipinski definition) is 0. The molecule has 1 heteroatoms. The first-order chi connectivity index (χ1) is 12.8. The molecule has 0 radical (unpaired) electrons. The molecule has 3 rings (SSSR count). The van der Waals surface area contributed by atoms with Crippen LogP contribution in [0.3, 0.4) is 0 Å². The number of hydrogen-bond acceptors (Lipinski definition) is 1.